The Morgan fingerprint density at radius 1 is 1.17 bits per heavy atom. The molecule has 0 aliphatic carbocycles. The SMILES string of the molecule is Cc1ccc(C(C)Nc2ccnc(NN)n2)cc1. The number of anilines is 2. The Morgan fingerprint density at radius 3 is 2.56 bits per heavy atom. The van der Waals surface area contributed by atoms with Gasteiger partial charge in [-0.2, -0.15) is 4.98 Å². The zero-order chi connectivity index (χ0) is 13.0. The quantitative estimate of drug-likeness (QED) is 0.567. The van der Waals surface area contributed by atoms with Crippen LogP contribution in [0.4, 0.5) is 11.8 Å². The van der Waals surface area contributed by atoms with Crippen LogP contribution in [0.5, 0.6) is 0 Å². The van der Waals surface area contributed by atoms with Gasteiger partial charge in [0.2, 0.25) is 5.95 Å². The van der Waals surface area contributed by atoms with Gasteiger partial charge in [0.15, 0.2) is 0 Å². The van der Waals surface area contributed by atoms with E-state index in [0.29, 0.717) is 5.95 Å². The molecule has 0 aliphatic rings. The van der Waals surface area contributed by atoms with Gasteiger partial charge in [-0.25, -0.2) is 10.8 Å². The number of benzene rings is 1. The molecule has 4 N–H and O–H groups in total. The molecule has 0 saturated heterocycles. The molecule has 0 fully saturated rings. The highest BCUT2D eigenvalue weighted by Crippen LogP contribution is 2.18. The van der Waals surface area contributed by atoms with Gasteiger partial charge in [-0.3, -0.25) is 5.43 Å². The maximum absolute atomic E-state index is 5.27. The molecule has 0 aliphatic heterocycles. The van der Waals surface area contributed by atoms with Crippen LogP contribution >= 0.6 is 0 Å². The minimum absolute atomic E-state index is 0.172. The first-order valence-corrected chi connectivity index (χ1v) is 5.82. The molecule has 5 nitrogen and oxygen atoms in total. The second-order valence-corrected chi connectivity index (χ2v) is 4.19. The monoisotopic (exact) mass is 243 g/mol. The third-order valence-electron chi connectivity index (χ3n) is 2.73. The molecule has 1 unspecified atom stereocenters. The Kier molecular flexibility index (Phi) is 3.74. The van der Waals surface area contributed by atoms with Crippen LogP contribution < -0.4 is 16.6 Å². The van der Waals surface area contributed by atoms with Crippen molar-refractivity contribution in [1.82, 2.24) is 9.97 Å². The van der Waals surface area contributed by atoms with Crippen molar-refractivity contribution in [2.45, 2.75) is 19.9 Å². The van der Waals surface area contributed by atoms with Gasteiger partial charge in [0.25, 0.3) is 0 Å². The summed E-state index contributed by atoms with van der Waals surface area (Å²) in [5.41, 5.74) is 4.89. The third kappa shape index (κ3) is 2.95. The first-order valence-electron chi connectivity index (χ1n) is 5.82. The smallest absolute Gasteiger partial charge is 0.239 e. The molecule has 0 bridgehead atoms. The van der Waals surface area contributed by atoms with Crippen molar-refractivity contribution < 1.29 is 0 Å². The lowest BCUT2D eigenvalue weighted by Crippen LogP contribution is -2.13. The molecule has 1 aromatic heterocycles. The highest BCUT2D eigenvalue weighted by atomic mass is 15.3. The zero-order valence-electron chi connectivity index (χ0n) is 10.5. The van der Waals surface area contributed by atoms with Gasteiger partial charge in [0, 0.05) is 12.2 Å². The molecule has 0 amide bonds. The zero-order valence-corrected chi connectivity index (χ0v) is 10.5. The fourth-order valence-electron chi connectivity index (χ4n) is 1.67. The molecule has 2 rings (SSSR count). The molecular formula is C13H17N5. The molecule has 0 radical (unpaired) electrons. The van der Waals surface area contributed by atoms with Crippen LogP contribution in [-0.2, 0) is 0 Å². The van der Waals surface area contributed by atoms with Crippen LogP contribution in [0.3, 0.4) is 0 Å². The second-order valence-electron chi connectivity index (χ2n) is 4.19. The lowest BCUT2D eigenvalue weighted by atomic mass is 10.1. The minimum atomic E-state index is 0.172. The number of nitrogen functional groups attached to an aromatic ring is 1. The second kappa shape index (κ2) is 5.46. The summed E-state index contributed by atoms with van der Waals surface area (Å²) in [7, 11) is 0. The number of hydrogen-bond donors (Lipinski definition) is 3. The average molecular weight is 243 g/mol. The molecule has 0 spiro atoms. The van der Waals surface area contributed by atoms with E-state index in [1.807, 2.05) is 6.07 Å². The summed E-state index contributed by atoms with van der Waals surface area (Å²) in [6.45, 7) is 4.16. The number of nitrogens with zero attached hydrogens (tertiary/aromatic N) is 2. The summed E-state index contributed by atoms with van der Waals surface area (Å²) in [4.78, 5) is 8.18. The van der Waals surface area contributed by atoms with Crippen LogP contribution in [0.25, 0.3) is 0 Å². The normalized spacial score (nSPS) is 11.9. The van der Waals surface area contributed by atoms with Crippen molar-refractivity contribution in [3.05, 3.63) is 47.7 Å². The topological polar surface area (TPSA) is 75.9 Å². The van der Waals surface area contributed by atoms with Crippen molar-refractivity contribution in [3.8, 4) is 0 Å². The molecular weight excluding hydrogens is 226 g/mol. The average Bonchev–Trinajstić information content (AvgIpc) is 2.39. The molecule has 2 aromatic rings. The van der Waals surface area contributed by atoms with Gasteiger partial charge >= 0.3 is 0 Å². The van der Waals surface area contributed by atoms with E-state index >= 15 is 0 Å². The van der Waals surface area contributed by atoms with Crippen LogP contribution in [0.1, 0.15) is 24.1 Å². The Balaban J connectivity index is 2.10. The van der Waals surface area contributed by atoms with E-state index in [2.05, 4.69) is 58.8 Å². The van der Waals surface area contributed by atoms with Gasteiger partial charge in [0.05, 0.1) is 0 Å². The molecule has 1 aromatic carbocycles. The predicted molar refractivity (Wildman–Crippen MR) is 73.1 cm³/mol. The van der Waals surface area contributed by atoms with E-state index in [0.717, 1.165) is 5.82 Å². The van der Waals surface area contributed by atoms with Crippen molar-refractivity contribution in [2.24, 2.45) is 5.84 Å². The Hall–Kier alpha value is -2.14. The summed E-state index contributed by atoms with van der Waals surface area (Å²) >= 11 is 0. The summed E-state index contributed by atoms with van der Waals surface area (Å²) in [6.07, 6.45) is 1.66. The molecule has 1 heterocycles. The van der Waals surface area contributed by atoms with E-state index in [9.17, 15) is 0 Å². The lowest BCUT2D eigenvalue weighted by molar-refractivity contribution is 0.871. The van der Waals surface area contributed by atoms with Gasteiger partial charge in [-0.1, -0.05) is 29.8 Å². The van der Waals surface area contributed by atoms with E-state index in [-0.39, 0.29) is 6.04 Å². The number of aryl methyl sites for hydroxylation is 1. The van der Waals surface area contributed by atoms with E-state index < -0.39 is 0 Å². The van der Waals surface area contributed by atoms with Crippen LogP contribution in [0.15, 0.2) is 36.5 Å². The number of nitrogens with two attached hydrogens (primary N) is 1. The standard InChI is InChI=1S/C13H17N5/c1-9-3-5-11(6-4-9)10(2)16-12-7-8-15-13(17-12)18-14/h3-8,10H,14H2,1-2H3,(H2,15,16,17,18). The minimum Gasteiger partial charge on any atom is -0.363 e. The maximum Gasteiger partial charge on any atom is 0.239 e. The first kappa shape index (κ1) is 12.3. The molecule has 94 valence electrons. The van der Waals surface area contributed by atoms with Crippen molar-refractivity contribution in [2.75, 3.05) is 10.7 Å². The van der Waals surface area contributed by atoms with Gasteiger partial charge < -0.3 is 5.32 Å². The summed E-state index contributed by atoms with van der Waals surface area (Å²) in [5.74, 6) is 6.42. The third-order valence-corrected chi connectivity index (χ3v) is 2.73. The molecule has 18 heavy (non-hydrogen) atoms. The number of aromatic nitrogens is 2. The van der Waals surface area contributed by atoms with Crippen LogP contribution in [0.2, 0.25) is 0 Å². The van der Waals surface area contributed by atoms with Gasteiger partial charge in [-0.05, 0) is 25.5 Å². The van der Waals surface area contributed by atoms with Crippen LogP contribution in [0, 0.1) is 6.92 Å². The number of hydrazine groups is 1. The van der Waals surface area contributed by atoms with Crippen molar-refractivity contribution >= 4 is 11.8 Å². The fourth-order valence-corrected chi connectivity index (χ4v) is 1.67. The highest BCUT2D eigenvalue weighted by Gasteiger charge is 2.06. The number of rotatable bonds is 4. The maximum atomic E-state index is 5.27. The molecule has 1 atom stereocenters. The first-order chi connectivity index (χ1) is 8.69. The predicted octanol–water partition coefficient (Wildman–Crippen LogP) is 2.24. The number of hydrogen-bond acceptors (Lipinski definition) is 5. The fraction of sp³-hybridized carbons (Fsp3) is 0.231. The summed E-state index contributed by atoms with van der Waals surface area (Å²) < 4.78 is 0. The van der Waals surface area contributed by atoms with Crippen molar-refractivity contribution in [1.29, 1.82) is 0 Å². The molecule has 5 heteroatoms. The lowest BCUT2D eigenvalue weighted by Gasteiger charge is -2.15. The van der Waals surface area contributed by atoms with Crippen molar-refractivity contribution in [3.63, 3.8) is 0 Å². The Morgan fingerprint density at radius 2 is 1.89 bits per heavy atom. The largest absolute Gasteiger partial charge is 0.363 e. The summed E-state index contributed by atoms with van der Waals surface area (Å²) in [6, 6.07) is 10.4. The van der Waals surface area contributed by atoms with Gasteiger partial charge in [-0.15, -0.1) is 0 Å². The number of nitrogens with one attached hydrogen (secondary N) is 2. The van der Waals surface area contributed by atoms with E-state index in [1.165, 1.54) is 11.1 Å². The Labute approximate surface area is 106 Å². The molecule has 0 saturated carbocycles. The van der Waals surface area contributed by atoms with Gasteiger partial charge in [0.1, 0.15) is 5.82 Å². The highest BCUT2D eigenvalue weighted by molar-refractivity contribution is 5.41. The van der Waals surface area contributed by atoms with E-state index in [4.69, 9.17) is 5.84 Å². The van der Waals surface area contributed by atoms with Crippen LogP contribution in [-0.4, -0.2) is 9.97 Å². The summed E-state index contributed by atoms with van der Waals surface area (Å²) in [5, 5.41) is 3.31. The Bertz CT molecular complexity index is 509. The van der Waals surface area contributed by atoms with E-state index in [1.54, 1.807) is 6.20 Å².